The summed E-state index contributed by atoms with van der Waals surface area (Å²) in [4.78, 5) is 18.7. The predicted molar refractivity (Wildman–Crippen MR) is 82.0 cm³/mol. The highest BCUT2D eigenvalue weighted by molar-refractivity contribution is 5.64. The number of aromatic amines is 1. The van der Waals surface area contributed by atoms with E-state index in [4.69, 9.17) is 5.73 Å². The van der Waals surface area contributed by atoms with Crippen molar-refractivity contribution in [2.24, 2.45) is 5.73 Å². The molecular formula is C13H15N7O2. The summed E-state index contributed by atoms with van der Waals surface area (Å²) < 4.78 is 1.52. The van der Waals surface area contributed by atoms with Gasteiger partial charge in [-0.25, -0.2) is 4.98 Å². The second-order valence-corrected chi connectivity index (χ2v) is 4.59. The largest absolute Gasteiger partial charge is 0.374 e. The van der Waals surface area contributed by atoms with Crippen LogP contribution in [0.15, 0.2) is 35.4 Å². The van der Waals surface area contributed by atoms with E-state index in [1.165, 1.54) is 10.7 Å². The molecule has 3 heterocycles. The van der Waals surface area contributed by atoms with Crippen molar-refractivity contribution < 1.29 is 5.11 Å². The molecule has 6 N–H and O–H groups in total. The molecule has 0 aliphatic rings. The highest BCUT2D eigenvalue weighted by atomic mass is 16.3. The predicted octanol–water partition coefficient (Wildman–Crippen LogP) is 0.152. The molecule has 0 fully saturated rings. The number of rotatable bonds is 4. The Morgan fingerprint density at radius 1 is 1.50 bits per heavy atom. The number of nitrogens with two attached hydrogens (primary N) is 1. The molecule has 1 unspecified atom stereocenters. The molecule has 0 bridgehead atoms. The number of pyridine rings is 1. The van der Waals surface area contributed by atoms with E-state index in [0.717, 1.165) is 0 Å². The van der Waals surface area contributed by atoms with Crippen LogP contribution in [0.5, 0.6) is 0 Å². The van der Waals surface area contributed by atoms with Crippen molar-refractivity contribution in [3.05, 3.63) is 46.5 Å². The Morgan fingerprint density at radius 2 is 2.32 bits per heavy atom. The number of aromatic nitrogens is 4. The third-order valence-corrected chi connectivity index (χ3v) is 3.15. The lowest BCUT2D eigenvalue weighted by Gasteiger charge is -2.10. The van der Waals surface area contributed by atoms with Gasteiger partial charge in [0.2, 0.25) is 0 Å². The quantitative estimate of drug-likeness (QED) is 0.433. The first-order chi connectivity index (χ1) is 10.6. The van der Waals surface area contributed by atoms with E-state index >= 15 is 0 Å². The van der Waals surface area contributed by atoms with Gasteiger partial charge in [-0.2, -0.15) is 9.61 Å². The van der Waals surface area contributed by atoms with Crippen LogP contribution in [0.3, 0.4) is 0 Å². The van der Waals surface area contributed by atoms with Crippen molar-refractivity contribution in [3.63, 3.8) is 0 Å². The van der Waals surface area contributed by atoms with Gasteiger partial charge in [-0.3, -0.25) is 4.79 Å². The number of hydrogen-bond donors (Lipinski definition) is 5. The Kier molecular flexibility index (Phi) is 3.49. The number of aliphatic hydroxyl groups excluding tert-OH is 1. The maximum absolute atomic E-state index is 11.7. The number of H-pyrrole nitrogens is 1. The number of anilines is 3. The SMILES string of the molecule is CNc1cc(Nc2ccc[nH]c2=O)nc2c(C(N)O)cnn12. The first kappa shape index (κ1) is 14.0. The Bertz CT molecular complexity index is 868. The highest BCUT2D eigenvalue weighted by Gasteiger charge is 2.15. The molecule has 9 nitrogen and oxygen atoms in total. The molecule has 0 aliphatic carbocycles. The molecule has 9 heteroatoms. The third kappa shape index (κ3) is 2.38. The van der Waals surface area contributed by atoms with Gasteiger partial charge in [0.05, 0.1) is 11.8 Å². The lowest BCUT2D eigenvalue weighted by molar-refractivity contribution is 0.187. The van der Waals surface area contributed by atoms with Crippen LogP contribution in [0.1, 0.15) is 11.8 Å². The molecule has 22 heavy (non-hydrogen) atoms. The third-order valence-electron chi connectivity index (χ3n) is 3.15. The average molecular weight is 301 g/mol. The second kappa shape index (κ2) is 5.47. The summed E-state index contributed by atoms with van der Waals surface area (Å²) in [6.45, 7) is 0. The smallest absolute Gasteiger partial charge is 0.271 e. The fourth-order valence-corrected chi connectivity index (χ4v) is 2.09. The number of aliphatic hydroxyl groups is 1. The molecule has 0 amide bonds. The van der Waals surface area contributed by atoms with Crippen LogP contribution in [0, 0.1) is 0 Å². The molecule has 0 saturated carbocycles. The molecule has 1 atom stereocenters. The van der Waals surface area contributed by atoms with Gasteiger partial charge in [0, 0.05) is 19.3 Å². The standard InChI is InChI=1S/C13H15N7O2/c1-15-10-5-9(18-8-3-2-4-16-13(8)22)19-12-7(11(14)21)6-17-20(10)12/h2-6,11,15,21H,14H2,1H3,(H,16,22)(H,18,19). The van der Waals surface area contributed by atoms with E-state index in [0.29, 0.717) is 28.5 Å². The van der Waals surface area contributed by atoms with Gasteiger partial charge < -0.3 is 26.5 Å². The highest BCUT2D eigenvalue weighted by Crippen LogP contribution is 2.22. The summed E-state index contributed by atoms with van der Waals surface area (Å²) >= 11 is 0. The summed E-state index contributed by atoms with van der Waals surface area (Å²) in [5.41, 5.74) is 6.40. The lowest BCUT2D eigenvalue weighted by Crippen LogP contribution is -2.12. The maximum Gasteiger partial charge on any atom is 0.271 e. The molecule has 3 rings (SSSR count). The van der Waals surface area contributed by atoms with Crippen molar-refractivity contribution >= 4 is 23.0 Å². The van der Waals surface area contributed by atoms with Gasteiger partial charge in [-0.1, -0.05) is 0 Å². The molecule has 3 aromatic heterocycles. The Balaban J connectivity index is 2.12. The zero-order valence-electron chi connectivity index (χ0n) is 11.7. The van der Waals surface area contributed by atoms with Gasteiger partial charge in [0.15, 0.2) is 5.65 Å². The molecule has 0 aliphatic heterocycles. The number of nitrogens with zero attached hydrogens (tertiary/aromatic N) is 3. The fourth-order valence-electron chi connectivity index (χ4n) is 2.09. The van der Waals surface area contributed by atoms with Crippen LogP contribution in [0.2, 0.25) is 0 Å². The van der Waals surface area contributed by atoms with Crippen molar-refractivity contribution in [1.82, 2.24) is 19.6 Å². The minimum Gasteiger partial charge on any atom is -0.374 e. The van der Waals surface area contributed by atoms with E-state index in [2.05, 4.69) is 25.7 Å². The van der Waals surface area contributed by atoms with E-state index < -0.39 is 6.23 Å². The first-order valence-corrected chi connectivity index (χ1v) is 6.55. The maximum atomic E-state index is 11.7. The minimum absolute atomic E-state index is 0.261. The van der Waals surface area contributed by atoms with Crippen molar-refractivity contribution in [2.75, 3.05) is 17.7 Å². The Labute approximate surface area is 124 Å². The normalized spacial score (nSPS) is 12.3. The van der Waals surface area contributed by atoms with E-state index in [9.17, 15) is 9.90 Å². The van der Waals surface area contributed by atoms with E-state index in [-0.39, 0.29) is 5.56 Å². The van der Waals surface area contributed by atoms with Crippen LogP contribution < -0.4 is 21.9 Å². The summed E-state index contributed by atoms with van der Waals surface area (Å²) in [5.74, 6) is 1.06. The molecule has 3 aromatic rings. The molecule has 114 valence electrons. The van der Waals surface area contributed by atoms with Crippen LogP contribution in [-0.2, 0) is 0 Å². The van der Waals surface area contributed by atoms with Gasteiger partial charge in [0.1, 0.15) is 23.6 Å². The Hall–Kier alpha value is -2.91. The van der Waals surface area contributed by atoms with Crippen LogP contribution in [-0.4, -0.2) is 31.7 Å². The first-order valence-electron chi connectivity index (χ1n) is 6.55. The van der Waals surface area contributed by atoms with Gasteiger partial charge in [0.25, 0.3) is 5.56 Å². The van der Waals surface area contributed by atoms with E-state index in [1.54, 1.807) is 31.4 Å². The van der Waals surface area contributed by atoms with Crippen LogP contribution in [0.25, 0.3) is 5.65 Å². The minimum atomic E-state index is -1.19. The zero-order chi connectivity index (χ0) is 15.7. The van der Waals surface area contributed by atoms with Crippen LogP contribution in [0.4, 0.5) is 17.3 Å². The number of fused-ring (bicyclic) bond motifs is 1. The van der Waals surface area contributed by atoms with E-state index in [1.807, 2.05) is 0 Å². The van der Waals surface area contributed by atoms with Crippen molar-refractivity contribution in [3.8, 4) is 0 Å². The monoisotopic (exact) mass is 301 g/mol. The summed E-state index contributed by atoms with van der Waals surface area (Å²) in [6, 6.07) is 5.03. The van der Waals surface area contributed by atoms with Gasteiger partial charge >= 0.3 is 0 Å². The zero-order valence-corrected chi connectivity index (χ0v) is 11.7. The number of nitrogens with one attached hydrogen (secondary N) is 3. The molecule has 0 aromatic carbocycles. The molecule has 0 spiro atoms. The lowest BCUT2D eigenvalue weighted by atomic mass is 10.3. The summed E-state index contributed by atoms with van der Waals surface area (Å²) in [6.07, 6.45) is 1.81. The van der Waals surface area contributed by atoms with Crippen molar-refractivity contribution in [2.45, 2.75) is 6.23 Å². The summed E-state index contributed by atoms with van der Waals surface area (Å²) in [7, 11) is 1.73. The second-order valence-electron chi connectivity index (χ2n) is 4.59. The molecule has 0 radical (unpaired) electrons. The van der Waals surface area contributed by atoms with Gasteiger partial charge in [-0.05, 0) is 12.1 Å². The fraction of sp³-hybridized carbons (Fsp3) is 0.154. The average Bonchev–Trinajstić information content (AvgIpc) is 2.93. The summed E-state index contributed by atoms with van der Waals surface area (Å²) in [5, 5.41) is 19.6. The van der Waals surface area contributed by atoms with Gasteiger partial charge in [-0.15, -0.1) is 0 Å². The number of hydrogen-bond acceptors (Lipinski definition) is 7. The Morgan fingerprint density at radius 3 is 3.00 bits per heavy atom. The molecule has 0 saturated heterocycles. The topological polar surface area (TPSA) is 133 Å². The molecular weight excluding hydrogens is 286 g/mol. The van der Waals surface area contributed by atoms with Crippen molar-refractivity contribution in [1.29, 1.82) is 0 Å². The van der Waals surface area contributed by atoms with Crippen LogP contribution >= 0.6 is 0 Å².